The molecule has 0 unspecified atom stereocenters. The average Bonchev–Trinajstić information content (AvgIpc) is 3.91. The van der Waals surface area contributed by atoms with E-state index in [-0.39, 0.29) is 6.61 Å². The van der Waals surface area contributed by atoms with Gasteiger partial charge in [-0.05, 0) is 219 Å². The molecule has 2 aliphatic rings. The van der Waals surface area contributed by atoms with E-state index in [1.54, 1.807) is 0 Å². The Hall–Kier alpha value is -7.05. The Bertz CT molecular complexity index is 3490. The van der Waals surface area contributed by atoms with E-state index in [0.717, 1.165) is 106 Å². The van der Waals surface area contributed by atoms with Crippen LogP contribution in [0.3, 0.4) is 0 Å². The summed E-state index contributed by atoms with van der Waals surface area (Å²) in [6.07, 6.45) is 0. The normalized spacial score (nSPS) is 12.7. The molecule has 0 amide bonds. The number of allylic oxidation sites excluding steroid dienone is 2. The van der Waals surface area contributed by atoms with Gasteiger partial charge in [-0.25, -0.2) is 14.8 Å². The molecule has 5 heterocycles. The second-order valence-corrected chi connectivity index (χ2v) is 19.8. The molecule has 7 aromatic rings. The van der Waals surface area contributed by atoms with Gasteiger partial charge in [0.1, 0.15) is 0 Å². The van der Waals surface area contributed by atoms with E-state index in [1.807, 2.05) is 6.92 Å². The Kier molecular flexibility index (Phi) is 11.7. The molecule has 2 N–H and O–H groups in total. The summed E-state index contributed by atoms with van der Waals surface area (Å²) in [5, 5.41) is 0. The number of H-pyrrole nitrogens is 2. The molecule has 0 fully saturated rings. The minimum Gasteiger partial charge on any atom is -0.462 e. The first-order valence-corrected chi connectivity index (χ1v) is 24.0. The largest absolute Gasteiger partial charge is 0.462 e. The van der Waals surface area contributed by atoms with Crippen LogP contribution in [0.2, 0.25) is 0 Å². The van der Waals surface area contributed by atoms with Crippen LogP contribution >= 0.6 is 0 Å². The zero-order chi connectivity index (χ0) is 48.8. The third kappa shape index (κ3) is 7.74. The maximum absolute atomic E-state index is 14.8. The molecular formula is C62H64N4O2. The standard InChI is InChI=1S/C62H64N4O2/c1-17-68-62(67)61-52-29-50-59(55-38(10)22-32(4)23-39(55)11)43(15)46(65-50)27-48-57(53-34(6)18-30(2)19-35(53)7)42(14)45(63-48)26-49-58(54-36(8)20-31(3)21-37(54)9)44(16)47(64-49)28-51(66-52)60(61)56-40(12)24-33(5)25-41(56)13/h18-29,63,66H,17H2,1-16H3. The van der Waals surface area contributed by atoms with E-state index in [4.69, 9.17) is 14.7 Å². The van der Waals surface area contributed by atoms with Gasteiger partial charge in [0.05, 0.1) is 40.5 Å². The summed E-state index contributed by atoms with van der Waals surface area (Å²) in [5.41, 5.74) is 33.2. The maximum Gasteiger partial charge on any atom is 0.340 e. The lowest BCUT2D eigenvalue weighted by molar-refractivity contribution is 0.0529. The number of aromatic nitrogens is 4. The molecule has 0 saturated carbocycles. The molecule has 0 atom stereocenters. The number of nitrogens with zero attached hydrogens (tertiary/aromatic N) is 2. The van der Waals surface area contributed by atoms with Crippen LogP contribution in [0.5, 0.6) is 0 Å². The molecule has 6 nitrogen and oxygen atoms in total. The fraction of sp³-hybridized carbons (Fsp3) is 0.274. The number of ether oxygens (including phenoxy) is 1. The molecule has 3 aromatic heterocycles. The second-order valence-electron chi connectivity index (χ2n) is 19.8. The number of carbonyl (C=O) groups is 1. The van der Waals surface area contributed by atoms with Gasteiger partial charge in [0.15, 0.2) is 0 Å². The van der Waals surface area contributed by atoms with Crippen molar-refractivity contribution >= 4 is 50.3 Å². The van der Waals surface area contributed by atoms with E-state index in [9.17, 15) is 4.79 Å². The highest BCUT2D eigenvalue weighted by Crippen LogP contribution is 2.45. The van der Waals surface area contributed by atoms with E-state index >= 15 is 0 Å². The third-order valence-electron chi connectivity index (χ3n) is 14.2. The summed E-state index contributed by atoms with van der Waals surface area (Å²) in [5.74, 6) is -0.392. The van der Waals surface area contributed by atoms with Gasteiger partial charge < -0.3 is 14.7 Å². The van der Waals surface area contributed by atoms with Gasteiger partial charge >= 0.3 is 5.97 Å². The Morgan fingerprint density at radius 1 is 0.397 bits per heavy atom. The molecule has 68 heavy (non-hydrogen) atoms. The van der Waals surface area contributed by atoms with Gasteiger partial charge in [-0.3, -0.25) is 0 Å². The molecule has 0 aliphatic carbocycles. The molecule has 344 valence electrons. The van der Waals surface area contributed by atoms with Gasteiger partial charge in [0.2, 0.25) is 0 Å². The van der Waals surface area contributed by atoms with Crippen molar-refractivity contribution in [1.29, 1.82) is 0 Å². The minimum absolute atomic E-state index is 0.231. The van der Waals surface area contributed by atoms with E-state index < -0.39 is 5.97 Å². The number of aryl methyl sites for hydroxylation is 13. The number of esters is 1. The Labute approximate surface area is 402 Å². The first-order chi connectivity index (χ1) is 32.3. The van der Waals surface area contributed by atoms with E-state index in [1.165, 1.54) is 61.2 Å². The average molecular weight is 897 g/mol. The van der Waals surface area contributed by atoms with Gasteiger partial charge in [-0.1, -0.05) is 70.8 Å². The molecule has 2 aliphatic heterocycles. The molecule has 8 bridgehead atoms. The molecule has 0 spiro atoms. The third-order valence-corrected chi connectivity index (χ3v) is 14.2. The molecule has 0 radical (unpaired) electrons. The molecular weight excluding hydrogens is 833 g/mol. The number of hydrogen-bond acceptors (Lipinski definition) is 4. The summed E-state index contributed by atoms with van der Waals surface area (Å²) in [6.45, 7) is 34.8. The highest BCUT2D eigenvalue weighted by molar-refractivity contribution is 6.12. The highest BCUT2D eigenvalue weighted by Gasteiger charge is 2.29. The predicted octanol–water partition coefficient (Wildman–Crippen LogP) is 15.8. The summed E-state index contributed by atoms with van der Waals surface area (Å²) >= 11 is 0. The number of fused-ring (bicyclic) bond motifs is 8. The SMILES string of the molecule is CCOC(=O)c1c(-c2c(C)cc(C)cc2C)c2cc3nc(cc4[nH]c(cc5nc(cc1[nH]2)C(c1c(C)cc(C)cc1C)=C5C)c(-c1c(C)cc(C)cc1C)c4C)C(c1c(C)cc(C)cc1C)=C3C. The zero-order valence-corrected chi connectivity index (χ0v) is 42.8. The number of aromatic amines is 2. The second kappa shape index (κ2) is 17.2. The number of hydrogen-bond donors (Lipinski definition) is 2. The fourth-order valence-corrected chi connectivity index (χ4v) is 11.8. The summed E-state index contributed by atoms with van der Waals surface area (Å²) < 4.78 is 6.00. The molecule has 9 rings (SSSR count). The van der Waals surface area contributed by atoms with Crippen molar-refractivity contribution in [2.24, 2.45) is 0 Å². The van der Waals surface area contributed by atoms with Crippen molar-refractivity contribution < 1.29 is 9.53 Å². The number of nitrogens with one attached hydrogen (secondary N) is 2. The monoisotopic (exact) mass is 897 g/mol. The minimum atomic E-state index is -0.392. The van der Waals surface area contributed by atoms with Crippen LogP contribution in [-0.4, -0.2) is 32.5 Å². The first-order valence-electron chi connectivity index (χ1n) is 24.0. The van der Waals surface area contributed by atoms with Crippen molar-refractivity contribution in [2.45, 2.75) is 111 Å². The van der Waals surface area contributed by atoms with Crippen molar-refractivity contribution in [3.05, 3.63) is 185 Å². The van der Waals surface area contributed by atoms with Crippen molar-refractivity contribution in [2.75, 3.05) is 6.61 Å². The van der Waals surface area contributed by atoms with Crippen LogP contribution in [0.1, 0.15) is 137 Å². The summed E-state index contributed by atoms with van der Waals surface area (Å²) in [4.78, 5) is 33.7. The van der Waals surface area contributed by atoms with Gasteiger partial charge in [0.25, 0.3) is 0 Å². The molecule has 4 aromatic carbocycles. The van der Waals surface area contributed by atoms with Crippen molar-refractivity contribution in [3.8, 4) is 22.3 Å². The van der Waals surface area contributed by atoms with E-state index in [2.05, 4.69) is 187 Å². The topological polar surface area (TPSA) is 83.7 Å². The molecule has 0 saturated heterocycles. The van der Waals surface area contributed by atoms with Crippen LogP contribution in [0, 0.1) is 90.0 Å². The lowest BCUT2D eigenvalue weighted by atomic mass is 9.88. The van der Waals surface area contributed by atoms with Crippen LogP contribution in [0.4, 0.5) is 0 Å². The first kappa shape index (κ1) is 46.1. The molecule has 6 heteroatoms. The van der Waals surface area contributed by atoms with Crippen LogP contribution in [0.15, 0.2) is 72.8 Å². The lowest BCUT2D eigenvalue weighted by Crippen LogP contribution is -2.06. The van der Waals surface area contributed by atoms with Crippen LogP contribution < -0.4 is 0 Å². The predicted molar refractivity (Wildman–Crippen MR) is 285 cm³/mol. The van der Waals surface area contributed by atoms with Crippen molar-refractivity contribution in [3.63, 3.8) is 0 Å². The zero-order valence-electron chi connectivity index (χ0n) is 42.8. The number of rotatable bonds is 6. The lowest BCUT2D eigenvalue weighted by Gasteiger charge is -2.14. The maximum atomic E-state index is 14.8. The number of carbonyl (C=O) groups excluding carboxylic acids is 1. The summed E-state index contributed by atoms with van der Waals surface area (Å²) in [6, 6.07) is 26.7. The number of benzene rings is 4. The van der Waals surface area contributed by atoms with Gasteiger partial charge in [-0.2, -0.15) is 0 Å². The van der Waals surface area contributed by atoms with Crippen LogP contribution in [-0.2, 0) is 4.74 Å². The van der Waals surface area contributed by atoms with Crippen LogP contribution in [0.25, 0.3) is 66.6 Å². The Morgan fingerprint density at radius 2 is 0.721 bits per heavy atom. The van der Waals surface area contributed by atoms with E-state index in [0.29, 0.717) is 11.1 Å². The summed E-state index contributed by atoms with van der Waals surface area (Å²) in [7, 11) is 0. The van der Waals surface area contributed by atoms with Gasteiger partial charge in [0, 0.05) is 38.8 Å². The smallest absolute Gasteiger partial charge is 0.340 e. The van der Waals surface area contributed by atoms with Gasteiger partial charge in [-0.15, -0.1) is 0 Å². The Balaban J connectivity index is 1.55. The fourth-order valence-electron chi connectivity index (χ4n) is 11.8. The quantitative estimate of drug-likeness (QED) is 0.163. The highest BCUT2D eigenvalue weighted by atomic mass is 16.5. The van der Waals surface area contributed by atoms with Crippen molar-refractivity contribution in [1.82, 2.24) is 19.9 Å². The Morgan fingerprint density at radius 3 is 1.12 bits per heavy atom.